The van der Waals surface area contributed by atoms with Gasteiger partial charge in [0.05, 0.1) is 18.4 Å². The smallest absolute Gasteiger partial charge is 0.365 e. The molecule has 0 bridgehead atoms. The van der Waals surface area contributed by atoms with Crippen molar-refractivity contribution in [3.63, 3.8) is 0 Å². The van der Waals surface area contributed by atoms with Crippen LogP contribution in [0.5, 0.6) is 11.5 Å². The molecule has 4 rings (SSSR count). The van der Waals surface area contributed by atoms with Crippen molar-refractivity contribution >= 4 is 11.7 Å². The highest BCUT2D eigenvalue weighted by atomic mass is 16.7. The first kappa shape index (κ1) is 18.7. The molecule has 1 aliphatic rings. The molecule has 148 valence electrons. The second-order valence-electron chi connectivity index (χ2n) is 7.29. The molecule has 0 spiro atoms. The van der Waals surface area contributed by atoms with E-state index < -0.39 is 11.8 Å². The second kappa shape index (κ2) is 7.43. The van der Waals surface area contributed by atoms with E-state index in [4.69, 9.17) is 14.3 Å². The lowest BCUT2D eigenvalue weighted by Gasteiger charge is -2.16. The van der Waals surface area contributed by atoms with Crippen molar-refractivity contribution in [1.29, 1.82) is 0 Å². The number of carbonyl (C=O) groups is 1. The Hall–Kier alpha value is -3.61. The van der Waals surface area contributed by atoms with Crippen molar-refractivity contribution < 1.29 is 19.1 Å². The molecule has 0 radical (unpaired) electrons. The van der Waals surface area contributed by atoms with Gasteiger partial charge in [0.15, 0.2) is 11.5 Å². The third-order valence-electron chi connectivity index (χ3n) is 4.37. The molecular weight excluding hydrogens is 370 g/mol. The largest absolute Gasteiger partial charge is 0.449 e. The van der Waals surface area contributed by atoms with E-state index in [0.29, 0.717) is 29.3 Å². The van der Waals surface area contributed by atoms with Gasteiger partial charge >= 0.3 is 5.97 Å². The predicted molar refractivity (Wildman–Crippen MR) is 107 cm³/mol. The van der Waals surface area contributed by atoms with Crippen molar-refractivity contribution in [2.75, 3.05) is 0 Å². The summed E-state index contributed by atoms with van der Waals surface area (Å²) in [6, 6.07) is 12.7. The fraction of sp³-hybridized carbons (Fsp3) is 0.227. The molecule has 3 aromatic rings. The number of ether oxygens (including phenoxy) is 2. The third kappa shape index (κ3) is 4.29. The number of oxime groups is 1. The molecule has 1 aromatic heterocycles. The molecule has 0 N–H and O–H groups in total. The van der Waals surface area contributed by atoms with E-state index in [0.717, 1.165) is 11.1 Å². The number of aromatic nitrogens is 2. The maximum absolute atomic E-state index is 12.4. The van der Waals surface area contributed by atoms with Gasteiger partial charge in [-0.3, -0.25) is 0 Å². The average Bonchev–Trinajstić information content (AvgIpc) is 3.29. The summed E-state index contributed by atoms with van der Waals surface area (Å²) >= 11 is 0. The van der Waals surface area contributed by atoms with Crippen LogP contribution in [0.4, 0.5) is 0 Å². The standard InChI is InChI=1S/C22H21N3O4/c1-15-5-4-6-17(11-15)21(26)29-24-18(13-25-10-9-23-14-25)16-7-8-19-20(12-16)28-22(2,3)27-19/h4-12,14H,13H2,1-3H3/b24-18+. The molecule has 2 heterocycles. The van der Waals surface area contributed by atoms with Gasteiger partial charge < -0.3 is 18.9 Å². The summed E-state index contributed by atoms with van der Waals surface area (Å²) in [5, 5.41) is 4.16. The highest BCUT2D eigenvalue weighted by Crippen LogP contribution is 2.39. The lowest BCUT2D eigenvalue weighted by atomic mass is 10.1. The molecule has 0 unspecified atom stereocenters. The number of nitrogens with zero attached hydrogens (tertiary/aromatic N) is 3. The molecule has 0 fully saturated rings. The summed E-state index contributed by atoms with van der Waals surface area (Å²) in [7, 11) is 0. The molecule has 0 saturated carbocycles. The topological polar surface area (TPSA) is 74.9 Å². The summed E-state index contributed by atoms with van der Waals surface area (Å²) in [6.45, 7) is 5.98. The van der Waals surface area contributed by atoms with E-state index >= 15 is 0 Å². The molecular formula is C22H21N3O4. The quantitative estimate of drug-likeness (QED) is 0.374. The van der Waals surface area contributed by atoms with E-state index in [2.05, 4.69) is 10.1 Å². The van der Waals surface area contributed by atoms with Crippen LogP contribution in [0.1, 0.15) is 35.3 Å². The first-order valence-corrected chi connectivity index (χ1v) is 9.23. The summed E-state index contributed by atoms with van der Waals surface area (Å²) in [5.74, 6) is 0.0484. The number of hydrogen-bond acceptors (Lipinski definition) is 6. The van der Waals surface area contributed by atoms with Crippen LogP contribution >= 0.6 is 0 Å². The average molecular weight is 391 g/mol. The van der Waals surface area contributed by atoms with Gasteiger partial charge in [-0.05, 0) is 37.3 Å². The van der Waals surface area contributed by atoms with Gasteiger partial charge in [0.2, 0.25) is 5.79 Å². The molecule has 29 heavy (non-hydrogen) atoms. The van der Waals surface area contributed by atoms with Crippen molar-refractivity contribution in [3.8, 4) is 11.5 Å². The number of imidazole rings is 1. The Morgan fingerprint density at radius 3 is 2.72 bits per heavy atom. The van der Waals surface area contributed by atoms with Crippen LogP contribution in [-0.2, 0) is 11.4 Å². The fourth-order valence-corrected chi connectivity index (χ4v) is 3.05. The lowest BCUT2D eigenvalue weighted by Crippen LogP contribution is -2.29. The Morgan fingerprint density at radius 1 is 1.14 bits per heavy atom. The van der Waals surface area contributed by atoms with Gasteiger partial charge in [-0.15, -0.1) is 0 Å². The van der Waals surface area contributed by atoms with E-state index in [9.17, 15) is 4.79 Å². The number of carbonyl (C=O) groups excluding carboxylic acids is 1. The Kier molecular flexibility index (Phi) is 4.80. The van der Waals surface area contributed by atoms with Crippen LogP contribution in [0.2, 0.25) is 0 Å². The van der Waals surface area contributed by atoms with Crippen molar-refractivity contribution in [2.24, 2.45) is 5.16 Å². The fourth-order valence-electron chi connectivity index (χ4n) is 3.05. The third-order valence-corrected chi connectivity index (χ3v) is 4.37. The van der Waals surface area contributed by atoms with E-state index in [1.807, 2.05) is 61.9 Å². The van der Waals surface area contributed by atoms with Gasteiger partial charge in [0, 0.05) is 31.8 Å². The normalized spacial score (nSPS) is 14.7. The van der Waals surface area contributed by atoms with E-state index in [1.165, 1.54) is 0 Å². The van der Waals surface area contributed by atoms with Crippen molar-refractivity contribution in [1.82, 2.24) is 9.55 Å². The summed E-state index contributed by atoms with van der Waals surface area (Å²) < 4.78 is 13.4. The zero-order valence-electron chi connectivity index (χ0n) is 16.5. The minimum atomic E-state index is -0.722. The monoisotopic (exact) mass is 391 g/mol. The highest BCUT2D eigenvalue weighted by Gasteiger charge is 2.32. The van der Waals surface area contributed by atoms with Crippen molar-refractivity contribution in [3.05, 3.63) is 77.9 Å². The molecule has 0 saturated heterocycles. The maximum Gasteiger partial charge on any atom is 0.365 e. The minimum Gasteiger partial charge on any atom is -0.449 e. The molecule has 7 heteroatoms. The lowest BCUT2D eigenvalue weighted by molar-refractivity contribution is -0.0431. The number of benzene rings is 2. The zero-order valence-corrected chi connectivity index (χ0v) is 16.5. The Labute approximate surface area is 168 Å². The van der Waals surface area contributed by atoms with Gasteiger partial charge in [-0.25, -0.2) is 9.78 Å². The van der Waals surface area contributed by atoms with Crippen molar-refractivity contribution in [2.45, 2.75) is 33.1 Å². The van der Waals surface area contributed by atoms with Gasteiger partial charge in [0.25, 0.3) is 0 Å². The van der Waals surface area contributed by atoms with Crippen LogP contribution in [0, 0.1) is 6.92 Å². The van der Waals surface area contributed by atoms with Gasteiger partial charge in [-0.1, -0.05) is 22.9 Å². The Bertz CT molecular complexity index is 1070. The first-order chi connectivity index (χ1) is 13.9. The summed E-state index contributed by atoms with van der Waals surface area (Å²) in [6.07, 6.45) is 5.17. The highest BCUT2D eigenvalue weighted by molar-refractivity contribution is 6.01. The predicted octanol–water partition coefficient (Wildman–Crippen LogP) is 3.96. The van der Waals surface area contributed by atoms with Crippen LogP contribution in [-0.4, -0.2) is 27.0 Å². The molecule has 0 atom stereocenters. The minimum absolute atomic E-state index is 0.379. The number of aryl methyl sites for hydroxylation is 1. The molecule has 2 aromatic carbocycles. The maximum atomic E-state index is 12.4. The zero-order chi connectivity index (χ0) is 20.4. The Morgan fingerprint density at radius 2 is 1.97 bits per heavy atom. The van der Waals surface area contributed by atoms with Crippen LogP contribution < -0.4 is 9.47 Å². The molecule has 1 aliphatic heterocycles. The van der Waals surface area contributed by atoms with E-state index in [1.54, 1.807) is 24.7 Å². The number of fused-ring (bicyclic) bond motifs is 1. The summed E-state index contributed by atoms with van der Waals surface area (Å²) in [5.41, 5.74) is 2.74. The summed E-state index contributed by atoms with van der Waals surface area (Å²) in [4.78, 5) is 21.7. The van der Waals surface area contributed by atoms with Crippen LogP contribution in [0.25, 0.3) is 0 Å². The first-order valence-electron chi connectivity index (χ1n) is 9.23. The Balaban J connectivity index is 1.62. The molecule has 7 nitrogen and oxygen atoms in total. The molecule has 0 aliphatic carbocycles. The van der Waals surface area contributed by atoms with E-state index in [-0.39, 0.29) is 0 Å². The van der Waals surface area contributed by atoms with Gasteiger partial charge in [0.1, 0.15) is 5.71 Å². The SMILES string of the molecule is Cc1cccc(C(=O)O/N=C(\Cn2ccnc2)c2ccc3c(c2)OC(C)(C)O3)c1. The van der Waals surface area contributed by atoms with Crippen LogP contribution in [0.3, 0.4) is 0 Å². The number of rotatable bonds is 5. The van der Waals surface area contributed by atoms with Gasteiger partial charge in [-0.2, -0.15) is 0 Å². The molecule has 0 amide bonds. The number of hydrogen-bond donors (Lipinski definition) is 0. The second-order valence-corrected chi connectivity index (χ2v) is 7.29. The van der Waals surface area contributed by atoms with Crippen LogP contribution in [0.15, 0.2) is 66.3 Å².